The second-order valence-corrected chi connectivity index (χ2v) is 27.0. The molecule has 0 aliphatic rings. The molecule has 0 fully saturated rings. The summed E-state index contributed by atoms with van der Waals surface area (Å²) in [7, 11) is -9.96. The lowest BCUT2D eigenvalue weighted by molar-refractivity contribution is -0.161. The standard InChI is InChI=1S/C77H130O17P2/c1-5-9-13-17-21-25-29-32-34-35-37-40-43-46-50-54-58-62-75(80)88-68-73(94-77(82)64-60-56-52-48-44-38-31-27-23-19-15-11-7-3)70-92-96(85,86)90-66-71(78)65-89-95(83,84)91-69-72(93-76(81)63-59-55-51-47-41-28-24-20-16-12-8-4)67-87-74(79)61-57-53-49-45-42-39-36-33-30-26-22-18-14-10-6-2/h9-10,13-15,19-22,24-27,31-34,36-37,40,71-73,78H,5-8,11-12,16-18,23,28-30,35,38-39,41-70H2,1-4H3,(H,83,84)(H,85,86)/b13-9-,14-10-,19-15-,24-20-,25-21-,26-22-,31-27-,34-32-,36-33-,40-37-. The average molecular weight is 1390 g/mol. The molecule has 0 aliphatic heterocycles. The van der Waals surface area contributed by atoms with Gasteiger partial charge in [0.15, 0.2) is 12.2 Å². The van der Waals surface area contributed by atoms with Crippen LogP contribution in [0.5, 0.6) is 0 Å². The van der Waals surface area contributed by atoms with Gasteiger partial charge in [-0.2, -0.15) is 0 Å². The van der Waals surface area contributed by atoms with Crippen LogP contribution in [-0.4, -0.2) is 96.7 Å². The van der Waals surface area contributed by atoms with E-state index >= 15 is 0 Å². The lowest BCUT2D eigenvalue weighted by Gasteiger charge is -2.21. The summed E-state index contributed by atoms with van der Waals surface area (Å²) in [6.07, 6.45) is 73.5. The van der Waals surface area contributed by atoms with E-state index < -0.39 is 97.5 Å². The zero-order valence-electron chi connectivity index (χ0n) is 59.8. The van der Waals surface area contributed by atoms with Crippen molar-refractivity contribution in [2.75, 3.05) is 39.6 Å². The predicted molar refractivity (Wildman–Crippen MR) is 390 cm³/mol. The summed E-state index contributed by atoms with van der Waals surface area (Å²) >= 11 is 0. The van der Waals surface area contributed by atoms with Crippen LogP contribution in [0.2, 0.25) is 0 Å². The normalized spacial score (nSPS) is 14.7. The molecule has 0 aliphatic carbocycles. The van der Waals surface area contributed by atoms with Gasteiger partial charge in [0.1, 0.15) is 19.3 Å². The fraction of sp³-hybridized carbons (Fsp3) is 0.688. The van der Waals surface area contributed by atoms with Gasteiger partial charge in [-0.25, -0.2) is 9.13 Å². The van der Waals surface area contributed by atoms with E-state index in [9.17, 15) is 43.2 Å². The molecule has 0 aromatic carbocycles. The van der Waals surface area contributed by atoms with E-state index in [0.29, 0.717) is 25.7 Å². The fourth-order valence-corrected chi connectivity index (χ4v) is 10.9. The molecule has 0 aromatic rings. The Bertz CT molecular complexity index is 2300. The molecule has 0 aromatic heterocycles. The molecule has 0 rings (SSSR count). The van der Waals surface area contributed by atoms with Crippen molar-refractivity contribution >= 4 is 39.5 Å². The number of rotatable bonds is 68. The van der Waals surface area contributed by atoms with E-state index in [0.717, 1.165) is 193 Å². The summed E-state index contributed by atoms with van der Waals surface area (Å²) in [6, 6.07) is 0. The van der Waals surface area contributed by atoms with Crippen LogP contribution in [0.15, 0.2) is 122 Å². The van der Waals surface area contributed by atoms with Crippen LogP contribution >= 0.6 is 15.6 Å². The number of allylic oxidation sites excluding steroid dienone is 20. The first-order valence-electron chi connectivity index (χ1n) is 36.8. The number of carbonyl (C=O) groups is 4. The molecule has 0 saturated heterocycles. The molecule has 5 atom stereocenters. The van der Waals surface area contributed by atoms with Crippen molar-refractivity contribution in [1.29, 1.82) is 0 Å². The lowest BCUT2D eigenvalue weighted by atomic mass is 10.1. The van der Waals surface area contributed by atoms with Crippen molar-refractivity contribution in [3.63, 3.8) is 0 Å². The van der Waals surface area contributed by atoms with Crippen LogP contribution in [0.25, 0.3) is 0 Å². The topological polar surface area (TPSA) is 237 Å². The number of aliphatic hydroxyl groups is 1. The van der Waals surface area contributed by atoms with Crippen LogP contribution in [0.3, 0.4) is 0 Å². The van der Waals surface area contributed by atoms with E-state index in [1.807, 2.05) is 0 Å². The van der Waals surface area contributed by atoms with Gasteiger partial charge in [0.2, 0.25) is 0 Å². The number of esters is 4. The predicted octanol–water partition coefficient (Wildman–Crippen LogP) is 20.8. The molecular formula is C77H130O17P2. The Morgan fingerprint density at radius 3 is 0.885 bits per heavy atom. The highest BCUT2D eigenvalue weighted by Gasteiger charge is 2.30. The van der Waals surface area contributed by atoms with Crippen molar-refractivity contribution in [3.05, 3.63) is 122 Å². The molecule has 19 heteroatoms. The van der Waals surface area contributed by atoms with Gasteiger partial charge < -0.3 is 33.8 Å². The van der Waals surface area contributed by atoms with Crippen LogP contribution in [0, 0.1) is 0 Å². The Labute approximate surface area is 581 Å². The molecule has 550 valence electrons. The zero-order chi connectivity index (χ0) is 70.4. The highest BCUT2D eigenvalue weighted by atomic mass is 31.2. The van der Waals surface area contributed by atoms with E-state index in [1.54, 1.807) is 0 Å². The van der Waals surface area contributed by atoms with Crippen molar-refractivity contribution in [2.24, 2.45) is 0 Å². The van der Waals surface area contributed by atoms with E-state index in [4.69, 9.17) is 37.0 Å². The zero-order valence-corrected chi connectivity index (χ0v) is 61.5. The summed E-state index contributed by atoms with van der Waals surface area (Å²) in [4.78, 5) is 72.7. The summed E-state index contributed by atoms with van der Waals surface area (Å²) in [6.45, 7) is 4.45. The summed E-state index contributed by atoms with van der Waals surface area (Å²) in [5, 5.41) is 10.6. The largest absolute Gasteiger partial charge is 0.472 e. The number of hydrogen-bond acceptors (Lipinski definition) is 15. The van der Waals surface area contributed by atoms with Gasteiger partial charge in [-0.05, 0) is 141 Å². The van der Waals surface area contributed by atoms with Gasteiger partial charge in [0.25, 0.3) is 0 Å². The first-order valence-corrected chi connectivity index (χ1v) is 39.8. The highest BCUT2D eigenvalue weighted by molar-refractivity contribution is 7.47. The van der Waals surface area contributed by atoms with Crippen LogP contribution in [0.1, 0.15) is 285 Å². The minimum atomic E-state index is -4.98. The minimum absolute atomic E-state index is 0.0703. The lowest BCUT2D eigenvalue weighted by Crippen LogP contribution is -2.30. The maximum absolute atomic E-state index is 13.1. The third kappa shape index (κ3) is 68.0. The number of unbranched alkanes of at least 4 members (excludes halogenated alkanes) is 22. The molecule has 0 bridgehead atoms. The number of ether oxygens (including phenoxy) is 4. The second-order valence-electron chi connectivity index (χ2n) is 24.1. The van der Waals surface area contributed by atoms with E-state index in [2.05, 4.69) is 149 Å². The molecular weight excluding hydrogens is 1260 g/mol. The maximum atomic E-state index is 13.1. The van der Waals surface area contributed by atoms with Crippen molar-refractivity contribution < 1.29 is 80.2 Å². The Hall–Kier alpha value is -4.54. The maximum Gasteiger partial charge on any atom is 0.472 e. The first kappa shape index (κ1) is 91.5. The molecule has 0 radical (unpaired) electrons. The van der Waals surface area contributed by atoms with E-state index in [-0.39, 0.29) is 25.7 Å². The summed E-state index contributed by atoms with van der Waals surface area (Å²) in [5.41, 5.74) is 0. The molecule has 3 N–H and O–H groups in total. The van der Waals surface area contributed by atoms with Gasteiger partial charge >= 0.3 is 39.5 Å². The Balaban J connectivity index is 5.36. The Kier molecular flexibility index (Phi) is 65.7. The smallest absolute Gasteiger partial charge is 0.462 e. The average Bonchev–Trinajstić information content (AvgIpc) is 1.17. The number of aliphatic hydroxyl groups excluding tert-OH is 1. The van der Waals surface area contributed by atoms with Gasteiger partial charge in [-0.15, -0.1) is 0 Å². The summed E-state index contributed by atoms with van der Waals surface area (Å²) in [5.74, 6) is -2.25. The Morgan fingerprint density at radius 1 is 0.302 bits per heavy atom. The molecule has 96 heavy (non-hydrogen) atoms. The van der Waals surface area contributed by atoms with Gasteiger partial charge in [-0.1, -0.05) is 239 Å². The van der Waals surface area contributed by atoms with Crippen LogP contribution < -0.4 is 0 Å². The number of phosphoric ester groups is 2. The number of phosphoric acid groups is 2. The van der Waals surface area contributed by atoms with Crippen molar-refractivity contribution in [2.45, 2.75) is 303 Å². The Morgan fingerprint density at radius 2 is 0.562 bits per heavy atom. The number of hydrogen-bond donors (Lipinski definition) is 3. The molecule has 0 saturated carbocycles. The highest BCUT2D eigenvalue weighted by Crippen LogP contribution is 2.45. The second kappa shape index (κ2) is 69.0. The van der Waals surface area contributed by atoms with Gasteiger partial charge in [0, 0.05) is 25.7 Å². The molecule has 5 unspecified atom stereocenters. The fourth-order valence-electron chi connectivity index (χ4n) is 9.30. The minimum Gasteiger partial charge on any atom is -0.462 e. The molecule has 17 nitrogen and oxygen atoms in total. The van der Waals surface area contributed by atoms with Gasteiger partial charge in [0.05, 0.1) is 26.4 Å². The van der Waals surface area contributed by atoms with Crippen LogP contribution in [0.4, 0.5) is 0 Å². The monoisotopic (exact) mass is 1390 g/mol. The SMILES string of the molecule is CC/C=C\C/C=C\C/C=C\C/C=C\CCCCCCC(=O)OCC(COP(=O)(O)OCC(O)COP(=O)(O)OCC(COC(=O)CCCCCCC/C=C\C/C=C\C/C=C\CC)OC(=O)CCCCCCC/C=C\CCCC)OC(=O)CCCCCCC/C=C\C/C=C\CCC. The van der Waals surface area contributed by atoms with E-state index in [1.165, 1.54) is 12.8 Å². The molecule has 0 amide bonds. The van der Waals surface area contributed by atoms with Crippen LogP contribution in [-0.2, 0) is 65.4 Å². The third-order valence-electron chi connectivity index (χ3n) is 14.9. The summed E-state index contributed by atoms with van der Waals surface area (Å²) < 4.78 is 68.3. The van der Waals surface area contributed by atoms with Crippen molar-refractivity contribution in [1.82, 2.24) is 0 Å². The first-order chi connectivity index (χ1) is 46.7. The molecule has 0 spiro atoms. The third-order valence-corrected chi connectivity index (χ3v) is 16.8. The van der Waals surface area contributed by atoms with Gasteiger partial charge in [-0.3, -0.25) is 37.3 Å². The number of carbonyl (C=O) groups excluding carboxylic acids is 4. The quantitative estimate of drug-likeness (QED) is 0.0169. The molecule has 0 heterocycles. The van der Waals surface area contributed by atoms with Crippen molar-refractivity contribution in [3.8, 4) is 0 Å².